The number of nitrogens with zero attached hydrogens (tertiary/aromatic N) is 2. The van der Waals surface area contributed by atoms with Gasteiger partial charge in [0.15, 0.2) is 0 Å². The summed E-state index contributed by atoms with van der Waals surface area (Å²) in [6.07, 6.45) is 15.5. The summed E-state index contributed by atoms with van der Waals surface area (Å²) in [5.41, 5.74) is 15.8. The first-order chi connectivity index (χ1) is 27.0. The fourth-order valence-electron chi connectivity index (χ4n) is 8.97. The smallest absolute Gasteiger partial charge is 0.0465 e. The maximum atomic E-state index is 2.58. The highest BCUT2D eigenvalue weighted by Crippen LogP contribution is 2.56. The summed E-state index contributed by atoms with van der Waals surface area (Å²) in [6, 6.07) is 54.2. The number of benzene rings is 6. The van der Waals surface area contributed by atoms with Gasteiger partial charge in [-0.15, -0.1) is 0 Å². The molecule has 0 radical (unpaired) electrons. The Morgan fingerprint density at radius 3 is 1.42 bits per heavy atom. The van der Waals surface area contributed by atoms with Gasteiger partial charge in [0.1, 0.15) is 0 Å². The molecule has 6 aromatic rings. The van der Waals surface area contributed by atoms with E-state index in [1.807, 2.05) is 0 Å². The summed E-state index contributed by atoms with van der Waals surface area (Å²) < 4.78 is 0. The highest BCUT2D eigenvalue weighted by molar-refractivity contribution is 5.86. The van der Waals surface area contributed by atoms with Gasteiger partial charge in [0.2, 0.25) is 0 Å². The van der Waals surface area contributed by atoms with Crippen LogP contribution in [0, 0.1) is 6.92 Å². The van der Waals surface area contributed by atoms with Crippen LogP contribution in [0.2, 0.25) is 0 Å². The molecule has 1 aliphatic rings. The number of aryl methyl sites for hydroxylation is 1. The van der Waals surface area contributed by atoms with Crippen LogP contribution in [0.4, 0.5) is 28.4 Å². The molecule has 0 atom stereocenters. The molecular weight excluding hydrogens is 665 g/mol. The van der Waals surface area contributed by atoms with Crippen LogP contribution in [-0.2, 0) is 5.41 Å². The van der Waals surface area contributed by atoms with Crippen molar-refractivity contribution in [3.8, 4) is 22.3 Å². The van der Waals surface area contributed by atoms with Crippen molar-refractivity contribution < 1.29 is 0 Å². The molecule has 6 aromatic carbocycles. The molecule has 0 aromatic heterocycles. The Hall–Kier alpha value is -5.08. The van der Waals surface area contributed by atoms with Gasteiger partial charge < -0.3 is 9.80 Å². The molecule has 2 heteroatoms. The van der Waals surface area contributed by atoms with E-state index in [0.29, 0.717) is 0 Å². The summed E-state index contributed by atoms with van der Waals surface area (Å²) >= 11 is 0. The van der Waals surface area contributed by atoms with Gasteiger partial charge in [-0.25, -0.2) is 0 Å². The van der Waals surface area contributed by atoms with Gasteiger partial charge in [0, 0.05) is 40.9 Å². The topological polar surface area (TPSA) is 6.48 Å². The van der Waals surface area contributed by atoms with Crippen LogP contribution in [0.15, 0.2) is 146 Å². The van der Waals surface area contributed by atoms with Crippen LogP contribution in [0.3, 0.4) is 0 Å². The fraction of sp³-hybridized carbons (Fsp3) is 0.321. The lowest BCUT2D eigenvalue weighted by atomic mass is 9.70. The van der Waals surface area contributed by atoms with E-state index in [9.17, 15) is 0 Å². The van der Waals surface area contributed by atoms with E-state index in [-0.39, 0.29) is 5.41 Å². The zero-order valence-electron chi connectivity index (χ0n) is 33.7. The van der Waals surface area contributed by atoms with Crippen molar-refractivity contribution in [3.05, 3.63) is 162 Å². The van der Waals surface area contributed by atoms with Crippen molar-refractivity contribution in [1.82, 2.24) is 0 Å². The van der Waals surface area contributed by atoms with Crippen LogP contribution in [-0.4, -0.2) is 7.05 Å². The molecule has 0 heterocycles. The minimum absolute atomic E-state index is 0.0398. The Kier molecular flexibility index (Phi) is 12.5. The minimum Gasteiger partial charge on any atom is -0.345 e. The van der Waals surface area contributed by atoms with E-state index >= 15 is 0 Å². The average molecular weight is 725 g/mol. The third kappa shape index (κ3) is 8.45. The Balaban J connectivity index is 1.24. The molecule has 0 bridgehead atoms. The van der Waals surface area contributed by atoms with Crippen molar-refractivity contribution >= 4 is 28.4 Å². The zero-order chi connectivity index (χ0) is 38.0. The highest BCUT2D eigenvalue weighted by atomic mass is 15.1. The SMILES string of the molecule is CCCCCCCC1(CCCCCCC)c2cc(C)ccc2-c2ccc(N(c3ccccc3)c3ccc(-c4ccc(N(C)c5ccccc5)cc4)cc3)cc21. The molecule has 0 N–H and O–H groups in total. The van der Waals surface area contributed by atoms with Crippen molar-refractivity contribution in [2.24, 2.45) is 0 Å². The summed E-state index contributed by atoms with van der Waals surface area (Å²) in [6.45, 7) is 6.92. The molecule has 0 aliphatic heterocycles. The van der Waals surface area contributed by atoms with Crippen LogP contribution < -0.4 is 9.80 Å². The Morgan fingerprint density at radius 2 is 0.855 bits per heavy atom. The lowest BCUT2D eigenvalue weighted by Crippen LogP contribution is -2.26. The average Bonchev–Trinajstić information content (AvgIpc) is 3.49. The number of hydrogen-bond acceptors (Lipinski definition) is 2. The van der Waals surface area contributed by atoms with Crippen LogP contribution in [0.5, 0.6) is 0 Å². The quantitative estimate of drug-likeness (QED) is 0.0814. The van der Waals surface area contributed by atoms with Crippen molar-refractivity contribution in [2.75, 3.05) is 16.8 Å². The second kappa shape index (κ2) is 18.0. The molecule has 0 saturated carbocycles. The maximum absolute atomic E-state index is 2.58. The third-order valence-corrected chi connectivity index (χ3v) is 12.0. The van der Waals surface area contributed by atoms with Gasteiger partial charge in [-0.1, -0.05) is 169 Å². The molecule has 2 nitrogen and oxygen atoms in total. The van der Waals surface area contributed by atoms with E-state index in [1.54, 1.807) is 5.56 Å². The standard InChI is InChI=1S/C53H60N2/c1-5-7-9-11-19-37-53(38-20-12-10-8-6-2)51-39-41(3)25-35-49(51)50-36-34-48(40-52(50)53)55(46-23-17-14-18-24-46)47-32-28-43(29-33-47)42-26-30-45(31-27-42)54(4)44-21-15-13-16-22-44/h13-18,21-36,39-40H,5-12,19-20,37-38H2,1-4H3. The van der Waals surface area contributed by atoms with E-state index < -0.39 is 0 Å². The number of anilines is 5. The molecule has 0 amide bonds. The lowest BCUT2D eigenvalue weighted by molar-refractivity contribution is 0.399. The van der Waals surface area contributed by atoms with Crippen LogP contribution in [0.1, 0.15) is 108 Å². The Bertz CT molecular complexity index is 2080. The Morgan fingerprint density at radius 1 is 0.418 bits per heavy atom. The van der Waals surface area contributed by atoms with E-state index in [1.165, 1.54) is 139 Å². The number of rotatable bonds is 18. The van der Waals surface area contributed by atoms with Gasteiger partial charge >= 0.3 is 0 Å². The molecule has 7 rings (SSSR count). The van der Waals surface area contributed by atoms with Gasteiger partial charge in [-0.3, -0.25) is 0 Å². The van der Waals surface area contributed by atoms with Crippen molar-refractivity contribution in [1.29, 1.82) is 0 Å². The van der Waals surface area contributed by atoms with Gasteiger partial charge in [0.25, 0.3) is 0 Å². The van der Waals surface area contributed by atoms with Crippen LogP contribution in [0.25, 0.3) is 22.3 Å². The minimum atomic E-state index is 0.0398. The third-order valence-electron chi connectivity index (χ3n) is 12.0. The van der Waals surface area contributed by atoms with E-state index in [4.69, 9.17) is 0 Å². The second-order valence-corrected chi connectivity index (χ2v) is 15.8. The molecular formula is C53H60N2. The summed E-state index contributed by atoms with van der Waals surface area (Å²) in [4.78, 5) is 4.69. The molecule has 1 aliphatic carbocycles. The number of unbranched alkanes of at least 4 members (excludes halogenated alkanes) is 8. The van der Waals surface area contributed by atoms with Gasteiger partial charge in [-0.05, 0) is 114 Å². The van der Waals surface area contributed by atoms with Gasteiger partial charge in [-0.2, -0.15) is 0 Å². The molecule has 0 saturated heterocycles. The Labute approximate surface area is 331 Å². The predicted molar refractivity (Wildman–Crippen MR) is 239 cm³/mol. The van der Waals surface area contributed by atoms with E-state index in [2.05, 4.69) is 183 Å². The van der Waals surface area contributed by atoms with Gasteiger partial charge in [0.05, 0.1) is 0 Å². The predicted octanol–water partition coefficient (Wildman–Crippen LogP) is 15.9. The fourth-order valence-corrected chi connectivity index (χ4v) is 8.97. The normalized spacial score (nSPS) is 12.7. The number of para-hydroxylation sites is 2. The monoisotopic (exact) mass is 724 g/mol. The largest absolute Gasteiger partial charge is 0.345 e. The molecule has 0 fully saturated rings. The summed E-state index contributed by atoms with van der Waals surface area (Å²) in [5, 5.41) is 0. The molecule has 0 spiro atoms. The number of fused-ring (bicyclic) bond motifs is 3. The number of hydrogen-bond donors (Lipinski definition) is 0. The highest BCUT2D eigenvalue weighted by Gasteiger charge is 2.42. The summed E-state index contributed by atoms with van der Waals surface area (Å²) in [5.74, 6) is 0. The molecule has 55 heavy (non-hydrogen) atoms. The molecule has 0 unspecified atom stereocenters. The summed E-state index contributed by atoms with van der Waals surface area (Å²) in [7, 11) is 2.13. The van der Waals surface area contributed by atoms with Crippen molar-refractivity contribution in [2.45, 2.75) is 103 Å². The first-order valence-electron chi connectivity index (χ1n) is 21.1. The maximum Gasteiger partial charge on any atom is 0.0465 e. The van der Waals surface area contributed by atoms with Crippen molar-refractivity contribution in [3.63, 3.8) is 0 Å². The molecule has 282 valence electrons. The first-order valence-corrected chi connectivity index (χ1v) is 21.1. The van der Waals surface area contributed by atoms with Crippen LogP contribution >= 0.6 is 0 Å². The second-order valence-electron chi connectivity index (χ2n) is 15.8. The lowest BCUT2D eigenvalue weighted by Gasteiger charge is -2.34. The zero-order valence-corrected chi connectivity index (χ0v) is 33.7. The first kappa shape index (κ1) is 38.2. The van der Waals surface area contributed by atoms with E-state index in [0.717, 1.165) is 0 Å².